The molecule has 0 radical (unpaired) electrons. The summed E-state index contributed by atoms with van der Waals surface area (Å²) in [6, 6.07) is 1.48. The second-order valence-corrected chi connectivity index (χ2v) is 7.25. The zero-order valence-corrected chi connectivity index (χ0v) is 14.8. The number of likely N-dealkylation sites (tertiary alicyclic amines) is 2. The molecular weight excluding hydrogens is 321 g/mol. The molecule has 22 heavy (non-hydrogen) atoms. The molecule has 128 valence electrons. The minimum atomic E-state index is 0. The van der Waals surface area contributed by atoms with E-state index in [1.54, 1.807) is 0 Å². The van der Waals surface area contributed by atoms with Gasteiger partial charge >= 0.3 is 0 Å². The number of halogens is 2. The maximum Gasteiger partial charge on any atom is 0.225 e. The molecule has 3 heterocycles. The van der Waals surface area contributed by atoms with Crippen LogP contribution in [0.4, 0.5) is 0 Å². The molecule has 3 aliphatic heterocycles. The first-order valence-corrected chi connectivity index (χ1v) is 8.57. The molecule has 1 N–H and O–H groups in total. The predicted octanol–water partition coefficient (Wildman–Crippen LogP) is 1.91. The molecule has 2 atom stereocenters. The summed E-state index contributed by atoms with van der Waals surface area (Å²) in [6.45, 7) is 5.75. The first kappa shape index (κ1) is 18.3. The third-order valence-corrected chi connectivity index (χ3v) is 6.14. The van der Waals surface area contributed by atoms with Gasteiger partial charge in [0.25, 0.3) is 0 Å². The normalized spacial score (nSPS) is 32.8. The Bertz CT molecular complexity index is 372. The highest BCUT2D eigenvalue weighted by atomic mass is 35.5. The molecule has 6 heteroatoms. The van der Waals surface area contributed by atoms with E-state index in [4.69, 9.17) is 0 Å². The number of hydrogen-bond acceptors (Lipinski definition) is 3. The lowest BCUT2D eigenvalue weighted by Gasteiger charge is -2.39. The monoisotopic (exact) mass is 349 g/mol. The number of amides is 1. The SMILES string of the molecule is Cl.Cl.O=C(C1CCC1)N1CCC(N2C[C@@H]3CCN[C@@H]3C2)CC1. The lowest BCUT2D eigenvalue weighted by Crippen LogP contribution is -2.49. The van der Waals surface area contributed by atoms with Gasteiger partial charge in [0.15, 0.2) is 0 Å². The molecule has 1 saturated carbocycles. The second-order valence-electron chi connectivity index (χ2n) is 7.25. The number of nitrogens with zero attached hydrogens (tertiary/aromatic N) is 2. The number of carbonyl (C=O) groups excluding carboxylic acids is 1. The number of rotatable bonds is 2. The minimum absolute atomic E-state index is 0. The average molecular weight is 350 g/mol. The molecule has 1 amide bonds. The molecule has 4 rings (SSSR count). The van der Waals surface area contributed by atoms with Crippen LogP contribution in [0.5, 0.6) is 0 Å². The smallest absolute Gasteiger partial charge is 0.225 e. The zero-order chi connectivity index (χ0) is 13.5. The van der Waals surface area contributed by atoms with E-state index in [2.05, 4.69) is 15.1 Å². The topological polar surface area (TPSA) is 35.6 Å². The fourth-order valence-electron chi connectivity index (χ4n) is 4.55. The van der Waals surface area contributed by atoms with Crippen molar-refractivity contribution in [1.29, 1.82) is 0 Å². The van der Waals surface area contributed by atoms with Gasteiger partial charge in [-0.3, -0.25) is 9.69 Å². The van der Waals surface area contributed by atoms with Gasteiger partial charge in [-0.25, -0.2) is 0 Å². The second kappa shape index (κ2) is 7.69. The van der Waals surface area contributed by atoms with E-state index in [9.17, 15) is 4.79 Å². The van der Waals surface area contributed by atoms with E-state index >= 15 is 0 Å². The molecule has 1 aliphatic carbocycles. The Morgan fingerprint density at radius 2 is 1.68 bits per heavy atom. The maximum atomic E-state index is 12.3. The van der Waals surface area contributed by atoms with Crippen molar-refractivity contribution in [2.45, 2.75) is 50.6 Å². The van der Waals surface area contributed by atoms with E-state index in [-0.39, 0.29) is 24.8 Å². The van der Waals surface area contributed by atoms with Crippen LogP contribution >= 0.6 is 24.8 Å². The molecule has 0 bridgehead atoms. The van der Waals surface area contributed by atoms with Crippen molar-refractivity contribution in [3.8, 4) is 0 Å². The minimum Gasteiger partial charge on any atom is -0.342 e. The lowest BCUT2D eigenvalue weighted by atomic mass is 9.84. The van der Waals surface area contributed by atoms with Gasteiger partial charge in [0.05, 0.1) is 0 Å². The van der Waals surface area contributed by atoms with Crippen molar-refractivity contribution >= 4 is 30.7 Å². The first-order valence-electron chi connectivity index (χ1n) is 8.57. The number of hydrogen-bond donors (Lipinski definition) is 1. The van der Waals surface area contributed by atoms with Crippen LogP contribution in [-0.2, 0) is 4.79 Å². The van der Waals surface area contributed by atoms with Crippen LogP contribution < -0.4 is 5.32 Å². The van der Waals surface area contributed by atoms with Gasteiger partial charge in [-0.15, -0.1) is 24.8 Å². The van der Waals surface area contributed by atoms with Gasteiger partial charge < -0.3 is 10.2 Å². The third kappa shape index (κ3) is 3.40. The summed E-state index contributed by atoms with van der Waals surface area (Å²) in [7, 11) is 0. The van der Waals surface area contributed by atoms with Crippen LogP contribution in [-0.4, -0.2) is 60.5 Å². The average Bonchev–Trinajstić information content (AvgIpc) is 2.97. The van der Waals surface area contributed by atoms with E-state index in [0.29, 0.717) is 11.8 Å². The fourth-order valence-corrected chi connectivity index (χ4v) is 4.55. The van der Waals surface area contributed by atoms with Crippen LogP contribution in [0.3, 0.4) is 0 Å². The van der Waals surface area contributed by atoms with E-state index in [0.717, 1.165) is 43.9 Å². The van der Waals surface area contributed by atoms with Crippen LogP contribution in [0.25, 0.3) is 0 Å². The Balaban J connectivity index is 0.000000882. The summed E-state index contributed by atoms with van der Waals surface area (Å²) >= 11 is 0. The van der Waals surface area contributed by atoms with Crippen LogP contribution in [0, 0.1) is 11.8 Å². The van der Waals surface area contributed by atoms with Crippen LogP contribution in [0.1, 0.15) is 38.5 Å². The standard InChI is InChI=1S/C16H27N3O.2ClH/c20-16(12-2-1-3-12)18-8-5-14(6-9-18)19-10-13-4-7-17-15(13)11-19;;/h12-15,17H,1-11H2;2*1H/t13-,15+;;/m0../s1. The Morgan fingerprint density at radius 3 is 2.27 bits per heavy atom. The van der Waals surface area contributed by atoms with Crippen molar-refractivity contribution in [2.24, 2.45) is 11.8 Å². The quantitative estimate of drug-likeness (QED) is 0.827. The number of fused-ring (bicyclic) bond motifs is 1. The largest absolute Gasteiger partial charge is 0.342 e. The third-order valence-electron chi connectivity index (χ3n) is 6.14. The molecule has 0 spiro atoms. The Labute approximate surface area is 146 Å². The molecule has 4 aliphatic rings. The fraction of sp³-hybridized carbons (Fsp3) is 0.938. The summed E-state index contributed by atoms with van der Waals surface area (Å²) in [6.07, 6.45) is 7.28. The van der Waals surface area contributed by atoms with Crippen molar-refractivity contribution < 1.29 is 4.79 Å². The highest BCUT2D eigenvalue weighted by molar-refractivity contribution is 5.85. The molecule has 0 aromatic heterocycles. The summed E-state index contributed by atoms with van der Waals surface area (Å²) in [5.41, 5.74) is 0. The highest BCUT2D eigenvalue weighted by Crippen LogP contribution is 2.32. The molecule has 0 unspecified atom stereocenters. The van der Waals surface area contributed by atoms with Gasteiger partial charge in [-0.1, -0.05) is 6.42 Å². The van der Waals surface area contributed by atoms with Gasteiger partial charge in [0, 0.05) is 44.2 Å². The van der Waals surface area contributed by atoms with Crippen LogP contribution in [0.2, 0.25) is 0 Å². The first-order chi connectivity index (χ1) is 9.81. The van der Waals surface area contributed by atoms with Crippen molar-refractivity contribution in [2.75, 3.05) is 32.7 Å². The zero-order valence-electron chi connectivity index (χ0n) is 13.2. The van der Waals surface area contributed by atoms with Gasteiger partial charge in [-0.05, 0) is 44.6 Å². The Kier molecular flexibility index (Phi) is 6.40. The molecular formula is C16H29Cl2N3O. The van der Waals surface area contributed by atoms with Gasteiger partial charge in [0.2, 0.25) is 5.91 Å². The molecule has 0 aromatic rings. The van der Waals surface area contributed by atoms with Crippen molar-refractivity contribution in [3.63, 3.8) is 0 Å². The summed E-state index contributed by atoms with van der Waals surface area (Å²) in [5.74, 6) is 1.72. The Morgan fingerprint density at radius 1 is 0.955 bits per heavy atom. The molecule has 4 fully saturated rings. The molecule has 0 aromatic carbocycles. The van der Waals surface area contributed by atoms with E-state index in [1.807, 2.05) is 0 Å². The summed E-state index contributed by atoms with van der Waals surface area (Å²) in [5, 5.41) is 3.64. The van der Waals surface area contributed by atoms with Gasteiger partial charge in [-0.2, -0.15) is 0 Å². The molecule has 3 saturated heterocycles. The number of piperidine rings is 1. The Hall–Kier alpha value is -0.0300. The van der Waals surface area contributed by atoms with Crippen molar-refractivity contribution in [3.05, 3.63) is 0 Å². The van der Waals surface area contributed by atoms with Crippen LogP contribution in [0.15, 0.2) is 0 Å². The van der Waals surface area contributed by atoms with E-state index < -0.39 is 0 Å². The summed E-state index contributed by atoms with van der Waals surface area (Å²) in [4.78, 5) is 17.1. The van der Waals surface area contributed by atoms with Crippen molar-refractivity contribution in [1.82, 2.24) is 15.1 Å². The van der Waals surface area contributed by atoms with E-state index in [1.165, 1.54) is 45.3 Å². The van der Waals surface area contributed by atoms with Gasteiger partial charge in [0.1, 0.15) is 0 Å². The predicted molar refractivity (Wildman–Crippen MR) is 92.9 cm³/mol. The summed E-state index contributed by atoms with van der Waals surface area (Å²) < 4.78 is 0. The molecule has 4 nitrogen and oxygen atoms in total. The lowest BCUT2D eigenvalue weighted by molar-refractivity contribution is -0.139. The maximum absolute atomic E-state index is 12.3. The number of carbonyl (C=O) groups is 1. The number of nitrogens with one attached hydrogen (secondary N) is 1. The highest BCUT2D eigenvalue weighted by Gasteiger charge is 2.40.